The Labute approximate surface area is 122 Å². The molecule has 2 saturated carbocycles. The third kappa shape index (κ3) is 1.88. The van der Waals surface area contributed by atoms with Gasteiger partial charge in [-0.3, -0.25) is 0 Å². The molecule has 2 aliphatic carbocycles. The summed E-state index contributed by atoms with van der Waals surface area (Å²) >= 11 is 0. The minimum atomic E-state index is -0.221. The van der Waals surface area contributed by atoms with Crippen molar-refractivity contribution in [1.82, 2.24) is 0 Å². The van der Waals surface area contributed by atoms with E-state index in [0.717, 1.165) is 39.5 Å². The van der Waals surface area contributed by atoms with Crippen LogP contribution in [0, 0.1) is 11.8 Å². The average molecular weight is 282 g/mol. The third-order valence-corrected chi connectivity index (χ3v) is 6.46. The van der Waals surface area contributed by atoms with E-state index in [1.807, 2.05) is 0 Å². The molecule has 0 aromatic rings. The molecule has 4 heteroatoms. The van der Waals surface area contributed by atoms with Crippen molar-refractivity contribution in [2.45, 2.75) is 43.9 Å². The molecule has 4 aliphatic rings. The van der Waals surface area contributed by atoms with Gasteiger partial charge in [0.1, 0.15) is 13.1 Å². The first-order valence-corrected chi connectivity index (χ1v) is 8.44. The standard InChI is InChI=1S/C16H28NO3/c1-17(7-9-18-10-8-17)15-6-5-13-3-2-4-14(15)16(13)19-11-12-20-16/h13-15H,2-12H2,1H3/q+1/t13-,14-,15+/m1/s1. The fraction of sp³-hybridized carbons (Fsp3) is 1.00. The van der Waals surface area contributed by atoms with E-state index in [1.165, 1.54) is 36.6 Å². The molecule has 4 rings (SSSR count). The van der Waals surface area contributed by atoms with Gasteiger partial charge in [-0.05, 0) is 19.3 Å². The van der Waals surface area contributed by atoms with Crippen molar-refractivity contribution in [2.75, 3.05) is 46.6 Å². The lowest BCUT2D eigenvalue weighted by Crippen LogP contribution is -2.68. The number of hydrogen-bond donors (Lipinski definition) is 0. The van der Waals surface area contributed by atoms with Crippen LogP contribution in [0.3, 0.4) is 0 Å². The number of quaternary nitrogens is 1. The highest BCUT2D eigenvalue weighted by atomic mass is 16.7. The highest BCUT2D eigenvalue weighted by Crippen LogP contribution is 2.53. The molecule has 0 radical (unpaired) electrons. The Bertz CT molecular complexity index is 361. The van der Waals surface area contributed by atoms with Gasteiger partial charge in [0.15, 0.2) is 5.79 Å². The Morgan fingerprint density at radius 2 is 1.65 bits per heavy atom. The van der Waals surface area contributed by atoms with Crippen LogP contribution < -0.4 is 0 Å². The van der Waals surface area contributed by atoms with Gasteiger partial charge in [0, 0.05) is 12.3 Å². The van der Waals surface area contributed by atoms with Crippen LogP contribution in [0.4, 0.5) is 0 Å². The largest absolute Gasteiger partial charge is 0.370 e. The molecule has 114 valence electrons. The maximum atomic E-state index is 6.25. The zero-order valence-corrected chi connectivity index (χ0v) is 12.7. The minimum absolute atomic E-state index is 0.221. The second-order valence-corrected chi connectivity index (χ2v) is 7.34. The minimum Gasteiger partial charge on any atom is -0.370 e. The van der Waals surface area contributed by atoms with Gasteiger partial charge in [0.05, 0.1) is 45.4 Å². The number of likely N-dealkylation sites (N-methyl/N-ethyl adjacent to an activating group) is 1. The van der Waals surface area contributed by atoms with E-state index in [4.69, 9.17) is 14.2 Å². The molecular formula is C16H28NO3+. The molecule has 1 spiro atoms. The van der Waals surface area contributed by atoms with Crippen LogP contribution in [0.25, 0.3) is 0 Å². The first-order valence-electron chi connectivity index (χ1n) is 8.44. The zero-order chi connectivity index (χ0) is 13.6. The fourth-order valence-corrected chi connectivity index (χ4v) is 5.40. The van der Waals surface area contributed by atoms with E-state index < -0.39 is 0 Å². The Kier molecular flexibility index (Phi) is 3.33. The summed E-state index contributed by atoms with van der Waals surface area (Å²) in [7, 11) is 2.44. The summed E-state index contributed by atoms with van der Waals surface area (Å²) < 4.78 is 19.3. The molecule has 0 aromatic carbocycles. The summed E-state index contributed by atoms with van der Waals surface area (Å²) in [6.45, 7) is 5.73. The molecule has 20 heavy (non-hydrogen) atoms. The molecule has 4 nitrogen and oxygen atoms in total. The lowest BCUT2D eigenvalue weighted by atomic mass is 9.64. The second kappa shape index (κ2) is 4.94. The van der Waals surface area contributed by atoms with Crippen molar-refractivity contribution in [3.05, 3.63) is 0 Å². The van der Waals surface area contributed by atoms with E-state index >= 15 is 0 Å². The summed E-state index contributed by atoms with van der Waals surface area (Å²) in [6.07, 6.45) is 6.58. The average Bonchev–Trinajstić information content (AvgIpc) is 2.88. The lowest BCUT2D eigenvalue weighted by Gasteiger charge is -2.57. The second-order valence-electron chi connectivity index (χ2n) is 7.34. The van der Waals surface area contributed by atoms with E-state index in [9.17, 15) is 0 Å². The highest BCUT2D eigenvalue weighted by Gasteiger charge is 2.61. The lowest BCUT2D eigenvalue weighted by molar-refractivity contribution is -0.947. The summed E-state index contributed by atoms with van der Waals surface area (Å²) in [5.74, 6) is 1.02. The molecule has 2 saturated heterocycles. The van der Waals surface area contributed by atoms with Gasteiger partial charge >= 0.3 is 0 Å². The quantitative estimate of drug-likeness (QED) is 0.686. The van der Waals surface area contributed by atoms with Crippen LogP contribution in [0.15, 0.2) is 0 Å². The monoisotopic (exact) mass is 282 g/mol. The van der Waals surface area contributed by atoms with E-state index in [2.05, 4.69) is 7.05 Å². The molecule has 0 unspecified atom stereocenters. The molecule has 3 atom stereocenters. The summed E-state index contributed by atoms with van der Waals surface area (Å²) in [5, 5.41) is 0. The van der Waals surface area contributed by atoms with Crippen molar-refractivity contribution >= 4 is 0 Å². The predicted molar refractivity (Wildman–Crippen MR) is 75.2 cm³/mol. The predicted octanol–water partition coefficient (Wildman–Crippen LogP) is 1.78. The topological polar surface area (TPSA) is 27.7 Å². The number of nitrogens with zero attached hydrogens (tertiary/aromatic N) is 1. The fourth-order valence-electron chi connectivity index (χ4n) is 5.40. The molecule has 2 heterocycles. The molecule has 0 aromatic heterocycles. The van der Waals surface area contributed by atoms with Crippen LogP contribution >= 0.6 is 0 Å². The van der Waals surface area contributed by atoms with Crippen molar-refractivity contribution in [3.63, 3.8) is 0 Å². The first-order chi connectivity index (χ1) is 9.75. The molecule has 0 amide bonds. The Morgan fingerprint density at radius 3 is 2.40 bits per heavy atom. The van der Waals surface area contributed by atoms with Gasteiger partial charge in [-0.15, -0.1) is 0 Å². The summed E-state index contributed by atoms with van der Waals surface area (Å²) in [4.78, 5) is 0. The Balaban J connectivity index is 1.64. The maximum absolute atomic E-state index is 6.25. The van der Waals surface area contributed by atoms with Crippen molar-refractivity contribution < 1.29 is 18.7 Å². The van der Waals surface area contributed by atoms with Gasteiger partial charge in [-0.2, -0.15) is 0 Å². The van der Waals surface area contributed by atoms with E-state index in [-0.39, 0.29) is 5.79 Å². The van der Waals surface area contributed by atoms with Crippen molar-refractivity contribution in [2.24, 2.45) is 11.8 Å². The maximum Gasteiger partial charge on any atom is 0.179 e. The molecule has 2 aliphatic heterocycles. The molecule has 2 bridgehead atoms. The summed E-state index contributed by atoms with van der Waals surface area (Å²) in [6, 6.07) is 0.702. The van der Waals surface area contributed by atoms with Crippen LogP contribution in [0.1, 0.15) is 32.1 Å². The molecular weight excluding hydrogens is 254 g/mol. The number of morpholine rings is 1. The third-order valence-electron chi connectivity index (χ3n) is 6.46. The van der Waals surface area contributed by atoms with E-state index in [1.54, 1.807) is 0 Å². The number of rotatable bonds is 1. The van der Waals surface area contributed by atoms with Crippen molar-refractivity contribution in [1.29, 1.82) is 0 Å². The van der Waals surface area contributed by atoms with E-state index in [0.29, 0.717) is 17.9 Å². The normalized spacial score (nSPS) is 42.8. The van der Waals surface area contributed by atoms with Crippen LogP contribution in [-0.4, -0.2) is 62.9 Å². The SMILES string of the molecule is C[N+]1([C@H]2CC[C@H]3CCC[C@H]2C32OCCO2)CCOCC1. The van der Waals surface area contributed by atoms with Crippen LogP contribution in [-0.2, 0) is 14.2 Å². The highest BCUT2D eigenvalue weighted by molar-refractivity contribution is 5.00. The molecule has 4 fully saturated rings. The number of ether oxygens (including phenoxy) is 3. The van der Waals surface area contributed by atoms with Gasteiger partial charge in [0.25, 0.3) is 0 Å². The smallest absolute Gasteiger partial charge is 0.179 e. The van der Waals surface area contributed by atoms with Gasteiger partial charge < -0.3 is 18.7 Å². The van der Waals surface area contributed by atoms with Crippen LogP contribution in [0.2, 0.25) is 0 Å². The number of hydrogen-bond acceptors (Lipinski definition) is 3. The van der Waals surface area contributed by atoms with Crippen molar-refractivity contribution in [3.8, 4) is 0 Å². The van der Waals surface area contributed by atoms with Gasteiger partial charge in [0.2, 0.25) is 0 Å². The van der Waals surface area contributed by atoms with Crippen LogP contribution in [0.5, 0.6) is 0 Å². The first kappa shape index (κ1) is 13.5. The Hall–Kier alpha value is -0.160. The van der Waals surface area contributed by atoms with Gasteiger partial charge in [-0.25, -0.2) is 0 Å². The van der Waals surface area contributed by atoms with Gasteiger partial charge in [-0.1, -0.05) is 6.42 Å². The summed E-state index contributed by atoms with van der Waals surface area (Å²) in [5.41, 5.74) is 0. The molecule has 0 N–H and O–H groups in total. The zero-order valence-electron chi connectivity index (χ0n) is 12.7. The Morgan fingerprint density at radius 1 is 0.900 bits per heavy atom.